The van der Waals surface area contributed by atoms with Crippen LogP contribution in [0, 0.1) is 11.3 Å². The smallest absolute Gasteiger partial charge is 0.410 e. The number of carbonyl (C=O) groups is 2. The van der Waals surface area contributed by atoms with Crippen molar-refractivity contribution in [1.82, 2.24) is 15.1 Å². The fourth-order valence-electron chi connectivity index (χ4n) is 4.53. The summed E-state index contributed by atoms with van der Waals surface area (Å²) in [4.78, 5) is 30.0. The topological polar surface area (TPSA) is 94.9 Å². The number of carbonyl (C=O) groups excluding carboxylic acids is 2. The molecule has 8 heteroatoms. The lowest BCUT2D eigenvalue weighted by Gasteiger charge is -2.33. The quantitative estimate of drug-likeness (QED) is 0.696. The summed E-state index contributed by atoms with van der Waals surface area (Å²) in [5, 5.41) is 14.5. The second-order valence-corrected chi connectivity index (χ2v) is 8.40. The third kappa shape index (κ3) is 5.62. The van der Waals surface area contributed by atoms with Gasteiger partial charge in [-0.2, -0.15) is 5.26 Å². The van der Waals surface area contributed by atoms with Crippen LogP contribution in [0.3, 0.4) is 0 Å². The van der Waals surface area contributed by atoms with E-state index in [0.29, 0.717) is 39.4 Å². The average Bonchev–Trinajstić information content (AvgIpc) is 3.39. The molecule has 8 nitrogen and oxygen atoms in total. The van der Waals surface area contributed by atoms with Gasteiger partial charge in [0, 0.05) is 38.6 Å². The van der Waals surface area contributed by atoms with Gasteiger partial charge >= 0.3 is 6.09 Å². The maximum atomic E-state index is 13.8. The van der Waals surface area contributed by atoms with Crippen molar-refractivity contribution in [1.29, 1.82) is 5.26 Å². The number of fused-ring (bicyclic) bond motifs is 1. The predicted octanol–water partition coefficient (Wildman–Crippen LogP) is 2.32. The maximum Gasteiger partial charge on any atom is 0.410 e. The first-order valence-corrected chi connectivity index (χ1v) is 11.6. The molecule has 0 bridgehead atoms. The van der Waals surface area contributed by atoms with Crippen LogP contribution in [0.4, 0.5) is 4.79 Å². The van der Waals surface area contributed by atoms with E-state index >= 15 is 0 Å². The Kier molecular flexibility index (Phi) is 7.76. The number of hydrogen-bond donors (Lipinski definition) is 1. The summed E-state index contributed by atoms with van der Waals surface area (Å²) in [6, 6.07) is 16.1. The molecule has 2 amide bonds. The minimum Gasteiger partial charge on any atom is -0.436 e. The van der Waals surface area contributed by atoms with Crippen molar-refractivity contribution in [2.75, 3.05) is 45.9 Å². The lowest BCUT2D eigenvalue weighted by Crippen LogP contribution is -2.50. The molecule has 4 rings (SSSR count). The van der Waals surface area contributed by atoms with E-state index < -0.39 is 12.2 Å². The summed E-state index contributed by atoms with van der Waals surface area (Å²) in [6.07, 6.45) is -0.137. The molecule has 33 heavy (non-hydrogen) atoms. The largest absolute Gasteiger partial charge is 0.436 e. The highest BCUT2D eigenvalue weighted by molar-refractivity contribution is 5.88. The molecule has 0 radical (unpaired) electrons. The highest BCUT2D eigenvalue weighted by atomic mass is 16.6. The van der Waals surface area contributed by atoms with Gasteiger partial charge in [0.1, 0.15) is 0 Å². The molecule has 0 aromatic heterocycles. The Morgan fingerprint density at radius 2 is 2.00 bits per heavy atom. The first-order valence-electron chi connectivity index (χ1n) is 11.6. The first kappa shape index (κ1) is 23.0. The molecule has 2 atom stereocenters. The Bertz CT molecular complexity index is 1000. The summed E-state index contributed by atoms with van der Waals surface area (Å²) < 4.78 is 11.2. The Balaban J connectivity index is 1.61. The summed E-state index contributed by atoms with van der Waals surface area (Å²) in [5.74, 6) is -0.242. The number of hydrogen-bond acceptors (Lipinski definition) is 6. The van der Waals surface area contributed by atoms with Gasteiger partial charge in [0.25, 0.3) is 5.91 Å². The number of nitrogens with zero attached hydrogens (tertiary/aromatic N) is 3. The number of morpholine rings is 1. The van der Waals surface area contributed by atoms with Crippen LogP contribution in [0.25, 0.3) is 10.8 Å². The fourth-order valence-corrected chi connectivity index (χ4v) is 4.53. The molecule has 2 aromatic carbocycles. The van der Waals surface area contributed by atoms with Crippen LogP contribution in [0.5, 0.6) is 0 Å². The summed E-state index contributed by atoms with van der Waals surface area (Å²) in [6.45, 7) is 3.62. The van der Waals surface area contributed by atoms with Crippen LogP contribution in [-0.4, -0.2) is 79.9 Å². The van der Waals surface area contributed by atoms with E-state index in [9.17, 15) is 9.59 Å². The number of amides is 2. The molecule has 2 aliphatic heterocycles. The number of nitrogens with one attached hydrogen (secondary N) is 1. The van der Waals surface area contributed by atoms with Crippen LogP contribution in [0.1, 0.15) is 18.4 Å². The molecule has 0 aliphatic carbocycles. The second kappa shape index (κ2) is 11.1. The van der Waals surface area contributed by atoms with E-state index in [1.807, 2.05) is 42.5 Å². The maximum absolute atomic E-state index is 13.8. The molecule has 2 aromatic rings. The van der Waals surface area contributed by atoms with Crippen molar-refractivity contribution in [2.45, 2.75) is 31.4 Å². The van der Waals surface area contributed by atoms with Gasteiger partial charge < -0.3 is 24.6 Å². The molecule has 2 fully saturated rings. The van der Waals surface area contributed by atoms with Gasteiger partial charge in [-0.3, -0.25) is 4.79 Å². The van der Waals surface area contributed by atoms with Gasteiger partial charge in [0.05, 0.1) is 25.7 Å². The van der Waals surface area contributed by atoms with E-state index in [2.05, 4.69) is 11.4 Å². The van der Waals surface area contributed by atoms with Crippen LogP contribution in [0.15, 0.2) is 42.5 Å². The lowest BCUT2D eigenvalue weighted by atomic mass is 9.99. The highest BCUT2D eigenvalue weighted by Crippen LogP contribution is 2.23. The van der Waals surface area contributed by atoms with Crippen molar-refractivity contribution in [2.24, 2.45) is 0 Å². The average molecular weight is 451 g/mol. The van der Waals surface area contributed by atoms with E-state index in [4.69, 9.17) is 14.7 Å². The molecule has 174 valence electrons. The van der Waals surface area contributed by atoms with Gasteiger partial charge in [-0.25, -0.2) is 4.79 Å². The molecule has 1 N–H and O–H groups in total. The highest BCUT2D eigenvalue weighted by Gasteiger charge is 2.35. The first-order chi connectivity index (χ1) is 16.2. The number of nitriles is 1. The van der Waals surface area contributed by atoms with Crippen molar-refractivity contribution in [3.63, 3.8) is 0 Å². The summed E-state index contributed by atoms with van der Waals surface area (Å²) in [5.41, 5.74) is 0.950. The Morgan fingerprint density at radius 1 is 1.21 bits per heavy atom. The van der Waals surface area contributed by atoms with Crippen molar-refractivity contribution in [3.8, 4) is 6.07 Å². The van der Waals surface area contributed by atoms with Crippen LogP contribution in [0.2, 0.25) is 0 Å². The van der Waals surface area contributed by atoms with Crippen LogP contribution in [-0.2, 0) is 20.7 Å². The SMILES string of the molecule is N#CCCN(C(=O)C(Cc1cccc2ccccc12)OC(=O)N1CCOCC1)C1CCNC1. The molecule has 0 saturated carbocycles. The van der Waals surface area contributed by atoms with Crippen molar-refractivity contribution < 1.29 is 19.1 Å². The molecule has 2 unspecified atom stereocenters. The molecule has 2 aliphatic rings. The van der Waals surface area contributed by atoms with E-state index in [1.165, 1.54) is 0 Å². The predicted molar refractivity (Wildman–Crippen MR) is 124 cm³/mol. The minimum absolute atomic E-state index is 0.0112. The number of rotatable bonds is 7. The molecule has 2 saturated heterocycles. The zero-order valence-corrected chi connectivity index (χ0v) is 18.7. The Morgan fingerprint density at radius 3 is 2.76 bits per heavy atom. The van der Waals surface area contributed by atoms with E-state index in [-0.39, 0.29) is 24.8 Å². The van der Waals surface area contributed by atoms with Crippen molar-refractivity contribution >= 4 is 22.8 Å². The number of ether oxygens (including phenoxy) is 2. The lowest BCUT2D eigenvalue weighted by molar-refractivity contribution is -0.143. The van der Waals surface area contributed by atoms with Gasteiger partial charge in [-0.05, 0) is 29.3 Å². The second-order valence-electron chi connectivity index (χ2n) is 8.40. The van der Waals surface area contributed by atoms with Gasteiger partial charge in [0.2, 0.25) is 0 Å². The van der Waals surface area contributed by atoms with Crippen LogP contribution >= 0.6 is 0 Å². The third-order valence-electron chi connectivity index (χ3n) is 6.30. The monoisotopic (exact) mass is 450 g/mol. The minimum atomic E-state index is -0.967. The zero-order chi connectivity index (χ0) is 23.0. The van der Waals surface area contributed by atoms with Crippen LogP contribution < -0.4 is 5.32 Å². The number of benzene rings is 2. The standard InChI is InChI=1S/C25H30N4O4/c26-10-4-12-29(21-9-11-27-18-21)24(30)23(33-25(31)28-13-15-32-16-14-28)17-20-7-3-6-19-5-1-2-8-22(19)20/h1-3,5-8,21,23,27H,4,9,11-18H2. The van der Waals surface area contributed by atoms with Gasteiger partial charge in [-0.1, -0.05) is 42.5 Å². The Labute approximate surface area is 194 Å². The van der Waals surface area contributed by atoms with E-state index in [0.717, 1.165) is 29.3 Å². The van der Waals surface area contributed by atoms with Gasteiger partial charge in [-0.15, -0.1) is 0 Å². The normalized spacial score (nSPS) is 19.1. The zero-order valence-electron chi connectivity index (χ0n) is 18.7. The van der Waals surface area contributed by atoms with E-state index in [1.54, 1.807) is 9.80 Å². The van der Waals surface area contributed by atoms with Crippen molar-refractivity contribution in [3.05, 3.63) is 48.0 Å². The summed E-state index contributed by atoms with van der Waals surface area (Å²) in [7, 11) is 0. The fraction of sp³-hybridized carbons (Fsp3) is 0.480. The molecule has 0 spiro atoms. The molecular formula is C25H30N4O4. The van der Waals surface area contributed by atoms with Gasteiger partial charge in [0.15, 0.2) is 6.10 Å². The Hall–Kier alpha value is -3.15. The molecule has 2 heterocycles. The third-order valence-corrected chi connectivity index (χ3v) is 6.30. The molecular weight excluding hydrogens is 420 g/mol. The summed E-state index contributed by atoms with van der Waals surface area (Å²) >= 11 is 0.